The molecule has 0 atom stereocenters. The predicted molar refractivity (Wildman–Crippen MR) is 549 cm³/mol. The van der Waals surface area contributed by atoms with Crippen LogP contribution in [0, 0.1) is 26.7 Å². The van der Waals surface area contributed by atoms with Gasteiger partial charge in [-0.2, -0.15) is 86.9 Å². The molecule has 4 aliphatic rings. The van der Waals surface area contributed by atoms with Gasteiger partial charge < -0.3 is 45.3 Å². The summed E-state index contributed by atoms with van der Waals surface area (Å²) in [6.07, 6.45) is 14.7. The van der Waals surface area contributed by atoms with Crippen molar-refractivity contribution in [2.24, 2.45) is 10.9 Å². The Morgan fingerprint density at radius 1 is 0.469 bits per heavy atom. The van der Waals surface area contributed by atoms with Crippen molar-refractivity contribution < 1.29 is 142 Å². The van der Waals surface area contributed by atoms with Gasteiger partial charge in [0.15, 0.2) is 5.71 Å². The van der Waals surface area contributed by atoms with Gasteiger partial charge in [0.25, 0.3) is 98.7 Å². The summed E-state index contributed by atoms with van der Waals surface area (Å²) < 4.78 is 277. The summed E-state index contributed by atoms with van der Waals surface area (Å²) in [4.78, 5) is 112. The van der Waals surface area contributed by atoms with E-state index in [2.05, 4.69) is 20.9 Å². The number of amides is 5. The molecule has 0 aliphatic carbocycles. The minimum absolute atomic E-state index is 0.0270. The molecule has 11 N–H and O–H groups in total. The minimum Gasteiger partial charge on any atom is -0.353 e. The van der Waals surface area contributed by atoms with E-state index in [9.17, 15) is 128 Å². The van der Waals surface area contributed by atoms with Gasteiger partial charge in [0, 0.05) is 166 Å². The molecule has 7 aromatic rings. The third-order valence-corrected chi connectivity index (χ3v) is 32.2. The van der Waals surface area contributed by atoms with Crippen LogP contribution in [0.4, 0.5) is 34.9 Å². The molecule has 147 heavy (non-hydrogen) atoms. The fourth-order valence-corrected chi connectivity index (χ4v) is 22.6. The van der Waals surface area contributed by atoms with Gasteiger partial charge in [-0.15, -0.1) is 0 Å². The van der Waals surface area contributed by atoms with Crippen molar-refractivity contribution >= 4 is 184 Å². The maximum absolute atomic E-state index is 14.0. The molecular weight excluding hydrogens is 2080 g/mol. The van der Waals surface area contributed by atoms with Crippen LogP contribution in [0.5, 0.6) is 0 Å². The van der Waals surface area contributed by atoms with E-state index in [0.717, 1.165) is 12.1 Å². The number of hydrogen-bond donors (Lipinski definition) is 11. The summed E-state index contributed by atoms with van der Waals surface area (Å²) in [5.74, 6) is -5.19. The SMILES string of the molecule is CC(/C=C/C=C(\C)N(CCCS(=O)(=O)O)c1ccc(C(=O)NCCCCCC(=O)NC2CCN(c3nc(N4CCC(NC(=O)CCCCCN(/C(C)=C/C=C/C(CCCS(=O)(=O)O)=[N+](\CCCS(=O)(=O)O)c5ccc6c(S(=O)(=O)O)cc(S(=O)(=O)O)cc6c5C)c5ccc6c(S(=O)(=O)O)cc(S(=O)(=O)O)cc6c5C)CC4)nc(N4CCC(C(=O)ON5C(=O)c6ccccc6C5=O)CC4)n3)CC2)cc1C)=N/CCCS(=O)(=O)O. The highest BCUT2D eigenvalue weighted by molar-refractivity contribution is 7.88. The molecule has 53 heteroatoms. The molecule has 1 aromatic heterocycles. The standard InChI is InChI=1S/C94H120N14O31S8/c1-62-57-69(30-33-81(62)105(45-19-55-142(121,122)123)64(3)22-15-21-63(2)95-43-18-54-141(118,119)120)88(111)96-42-13-7-9-28-86(109)97-70-38-49-103(50-39-70)93-99-92(102-47-36-68(37-48-102)91(114)139-108-89(112)77-26-11-12-27-78(77)90(108)113)100-94(101-93)104-51-40-71(41-52-104)98-87(110)29-10-8-14-44-106(82-34-31-75-79(66(82)5)58-73(144(127,128)129)60-84(75)146(133,134)135)65(4)23-16-24-72(25-17-53-140(115,116)117)107(46-20-56-143(124,125)126)83-35-32-76-80(67(83)6)59-74(145(130,131)132)61-85(76)147(136,137)138/h11-12,15-16,21-24,26-27,30-35,57-61,68,70-71H,7-10,13-14,17-20,25,28-29,36-56H2,1-6H3,(H10-,96,97,98,109,110,111,115,116,117,118,119,120,121,122,123,124,125,126,127,128,129,130,131,132,133,134,135,136,137,138)/p+1/b21-15+,64-22+,95-63-. The lowest BCUT2D eigenvalue weighted by atomic mass is 9.97. The van der Waals surface area contributed by atoms with E-state index in [-0.39, 0.29) is 182 Å². The Morgan fingerprint density at radius 2 is 0.912 bits per heavy atom. The molecule has 0 radical (unpaired) electrons. The molecule has 3 fully saturated rings. The largest absolute Gasteiger partial charge is 0.353 e. The molecule has 800 valence electrons. The number of aryl methyl sites for hydroxylation is 3. The molecule has 5 heterocycles. The zero-order valence-corrected chi connectivity index (χ0v) is 88.1. The van der Waals surface area contributed by atoms with Crippen molar-refractivity contribution in [1.29, 1.82) is 0 Å². The fraction of sp³-hybridized carbons (Fsp3) is 0.457. The number of benzene rings is 6. The molecule has 0 bridgehead atoms. The van der Waals surface area contributed by atoms with Crippen LogP contribution in [0.3, 0.4) is 0 Å². The second kappa shape index (κ2) is 49.7. The topological polar surface area (TPSA) is 656 Å². The van der Waals surface area contributed by atoms with Gasteiger partial charge in [-0.1, -0.05) is 48.3 Å². The fourth-order valence-electron chi connectivity index (χ4n) is 17.9. The van der Waals surface area contributed by atoms with Gasteiger partial charge in [-0.25, -0.2) is 4.79 Å². The molecule has 0 unspecified atom stereocenters. The molecule has 0 saturated carbocycles. The average Bonchev–Trinajstić information content (AvgIpc) is 1.57. The second-order valence-electron chi connectivity index (χ2n) is 36.4. The lowest BCUT2D eigenvalue weighted by molar-refractivity contribution is -0.441. The highest BCUT2D eigenvalue weighted by Gasteiger charge is 2.42. The van der Waals surface area contributed by atoms with Crippen LogP contribution in [0.1, 0.15) is 191 Å². The maximum Gasteiger partial charge on any atom is 0.336 e. The van der Waals surface area contributed by atoms with Crippen molar-refractivity contribution in [3.05, 3.63) is 172 Å². The number of nitrogens with one attached hydrogen (secondary N) is 3. The third-order valence-electron chi connectivity index (χ3n) is 25.5. The van der Waals surface area contributed by atoms with E-state index in [1.54, 1.807) is 73.4 Å². The number of hydroxylamine groups is 2. The summed E-state index contributed by atoms with van der Waals surface area (Å²) in [5, 5.41) is 9.25. The number of fused-ring (bicyclic) bond motifs is 3. The van der Waals surface area contributed by atoms with Crippen molar-refractivity contribution in [1.82, 2.24) is 36.0 Å². The monoisotopic (exact) mass is 2200 g/mol. The van der Waals surface area contributed by atoms with Crippen LogP contribution in [0.2, 0.25) is 0 Å². The molecule has 45 nitrogen and oxygen atoms in total. The number of nitrogens with zero attached hydrogens (tertiary/aromatic N) is 11. The average molecular weight is 2200 g/mol. The van der Waals surface area contributed by atoms with Gasteiger partial charge in [0.05, 0.1) is 49.8 Å². The summed E-state index contributed by atoms with van der Waals surface area (Å²) in [6, 6.07) is 19.2. The second-order valence-corrected chi connectivity index (χ2v) is 48.3. The first-order valence-electron chi connectivity index (χ1n) is 47.3. The first-order valence-corrected chi connectivity index (χ1v) is 59.5. The number of carbonyl (C=O) groups is 6. The first kappa shape index (κ1) is 116. The van der Waals surface area contributed by atoms with Crippen LogP contribution in [0.15, 0.2) is 163 Å². The van der Waals surface area contributed by atoms with E-state index in [4.69, 9.17) is 24.3 Å². The van der Waals surface area contributed by atoms with Crippen molar-refractivity contribution in [2.45, 2.75) is 195 Å². The summed E-state index contributed by atoms with van der Waals surface area (Å²) >= 11 is 0. The lowest BCUT2D eigenvalue weighted by Gasteiger charge is -2.36. The molecule has 6 aromatic carbocycles. The van der Waals surface area contributed by atoms with Gasteiger partial charge in [0.2, 0.25) is 35.3 Å². The molecular formula is C94H121N14O31S8+. The Morgan fingerprint density at radius 3 is 1.40 bits per heavy atom. The number of piperidine rings is 3. The third kappa shape index (κ3) is 33.2. The van der Waals surface area contributed by atoms with Crippen LogP contribution in [-0.2, 0) is 100 Å². The molecule has 11 rings (SSSR count). The highest BCUT2D eigenvalue weighted by Crippen LogP contribution is 2.40. The number of rotatable bonds is 49. The van der Waals surface area contributed by atoms with Crippen molar-refractivity contribution in [3.63, 3.8) is 0 Å². The van der Waals surface area contributed by atoms with Gasteiger partial charge in [0.1, 0.15) is 16.3 Å². The molecule has 4 aliphatic heterocycles. The van der Waals surface area contributed by atoms with E-state index in [0.29, 0.717) is 172 Å². The van der Waals surface area contributed by atoms with Crippen LogP contribution in [0.25, 0.3) is 21.5 Å². The Labute approximate surface area is 854 Å². The van der Waals surface area contributed by atoms with Crippen LogP contribution >= 0.6 is 0 Å². The summed E-state index contributed by atoms with van der Waals surface area (Å²) in [6.45, 7) is 12.6. The molecule has 5 amide bonds. The number of aliphatic imine (C=N–C) groups is 1. The van der Waals surface area contributed by atoms with Gasteiger partial charge >= 0.3 is 5.97 Å². The van der Waals surface area contributed by atoms with E-state index in [1.165, 1.54) is 67.0 Å². The van der Waals surface area contributed by atoms with Crippen molar-refractivity contribution in [3.8, 4) is 0 Å². The number of imide groups is 1. The Bertz CT molecular complexity index is 7330. The van der Waals surface area contributed by atoms with E-state index >= 15 is 0 Å². The minimum atomic E-state index is -5.19. The van der Waals surface area contributed by atoms with Crippen LogP contribution < -0.4 is 40.4 Å². The number of anilines is 5. The summed E-state index contributed by atoms with van der Waals surface area (Å²) in [5.41, 5.74) is 4.65. The smallest absolute Gasteiger partial charge is 0.336 e. The Hall–Kier alpha value is -11.6. The van der Waals surface area contributed by atoms with E-state index in [1.807, 2.05) is 33.4 Å². The number of carbonyl (C=O) groups excluding carboxylic acids is 6. The first-order chi connectivity index (χ1) is 68.9. The Kier molecular flexibility index (Phi) is 39.1. The normalized spacial score (nSPS) is 15.9. The van der Waals surface area contributed by atoms with Crippen molar-refractivity contribution in [2.75, 3.05) is 120 Å². The highest BCUT2D eigenvalue weighted by atomic mass is 32.2. The number of unbranched alkanes of at least 4 members (excludes halogenated alkanes) is 4. The maximum atomic E-state index is 14.0. The quantitative estimate of drug-likeness (QED) is 0.00422. The van der Waals surface area contributed by atoms with Crippen LogP contribution in [-0.4, -0.2) is 282 Å². The lowest BCUT2D eigenvalue weighted by Crippen LogP contribution is -2.46. The predicted octanol–water partition coefficient (Wildman–Crippen LogP) is 9.76. The number of hydrogen-bond acceptors (Lipinski definition) is 32. The zero-order valence-electron chi connectivity index (χ0n) is 81.6. The zero-order chi connectivity index (χ0) is 108. The summed E-state index contributed by atoms with van der Waals surface area (Å²) in [7, 11) is -38.2. The van der Waals surface area contributed by atoms with E-state index < -0.39 is 147 Å². The van der Waals surface area contributed by atoms with Gasteiger partial charge in [-0.3, -0.25) is 65.4 Å². The number of aromatic nitrogens is 3. The molecule has 3 saturated heterocycles. The Balaban J connectivity index is 0.739. The van der Waals surface area contributed by atoms with Gasteiger partial charge in [-0.05, 0) is 232 Å². The number of allylic oxidation sites excluding steroid dienone is 8. The molecule has 0 spiro atoms.